The Balaban J connectivity index is 1.35. The molecule has 1 aromatic heterocycles. The number of fused-ring (bicyclic) bond motifs is 1. The van der Waals surface area contributed by atoms with Crippen molar-refractivity contribution >= 4 is 22.6 Å². The van der Waals surface area contributed by atoms with Crippen LogP contribution in [-0.2, 0) is 11.3 Å². The second-order valence-electron chi connectivity index (χ2n) is 9.30. The summed E-state index contributed by atoms with van der Waals surface area (Å²) >= 11 is 0. The van der Waals surface area contributed by atoms with Crippen LogP contribution in [0.1, 0.15) is 41.3 Å². The molecule has 5 rings (SSSR count). The number of amides is 1. The van der Waals surface area contributed by atoms with Crippen molar-refractivity contribution in [1.82, 2.24) is 9.55 Å². The van der Waals surface area contributed by atoms with Gasteiger partial charge in [-0.1, -0.05) is 30.3 Å². The summed E-state index contributed by atoms with van der Waals surface area (Å²) in [5.41, 5.74) is 6.71. The number of carbonyl (C=O) groups excluding carboxylic acids is 1. The monoisotopic (exact) mass is 453 g/mol. The largest absolute Gasteiger partial charge is 0.494 e. The topological polar surface area (TPSA) is 47.4 Å². The summed E-state index contributed by atoms with van der Waals surface area (Å²) in [5, 5.41) is 0. The minimum absolute atomic E-state index is 0.0687. The summed E-state index contributed by atoms with van der Waals surface area (Å²) < 4.78 is 8.27. The molecule has 0 spiro atoms. The van der Waals surface area contributed by atoms with Crippen LogP contribution in [0.2, 0.25) is 0 Å². The number of imidazole rings is 1. The van der Waals surface area contributed by atoms with E-state index < -0.39 is 0 Å². The van der Waals surface area contributed by atoms with Crippen molar-refractivity contribution < 1.29 is 9.53 Å². The molecule has 1 saturated heterocycles. The van der Waals surface area contributed by atoms with Gasteiger partial charge in [-0.25, -0.2) is 4.98 Å². The lowest BCUT2D eigenvalue weighted by Gasteiger charge is -2.18. The first kappa shape index (κ1) is 22.2. The SMILES string of the molecule is Cc1cccc(OCCCn2c(C3CC(=O)N(c4ccc(C)c(C)c4)C3)nc3ccccc32)c1. The molecule has 0 aliphatic carbocycles. The average Bonchev–Trinajstić information content (AvgIpc) is 3.39. The lowest BCUT2D eigenvalue weighted by molar-refractivity contribution is -0.117. The smallest absolute Gasteiger partial charge is 0.227 e. The molecule has 1 fully saturated rings. The van der Waals surface area contributed by atoms with Crippen LogP contribution in [0.15, 0.2) is 66.7 Å². The third kappa shape index (κ3) is 4.43. The molecule has 0 N–H and O–H groups in total. The number of nitrogens with zero attached hydrogens (tertiary/aromatic N) is 3. The second-order valence-corrected chi connectivity index (χ2v) is 9.30. The first-order valence-corrected chi connectivity index (χ1v) is 12.0. The normalized spacial score (nSPS) is 15.9. The number of anilines is 1. The fourth-order valence-corrected chi connectivity index (χ4v) is 4.78. The maximum Gasteiger partial charge on any atom is 0.227 e. The van der Waals surface area contributed by atoms with E-state index in [1.165, 1.54) is 16.7 Å². The zero-order valence-corrected chi connectivity index (χ0v) is 20.1. The molecule has 0 saturated carbocycles. The number of hydrogen-bond acceptors (Lipinski definition) is 3. The van der Waals surface area contributed by atoms with E-state index in [9.17, 15) is 4.79 Å². The highest BCUT2D eigenvalue weighted by Gasteiger charge is 2.34. The molecule has 1 aliphatic rings. The lowest BCUT2D eigenvalue weighted by Crippen LogP contribution is -2.24. The summed E-state index contributed by atoms with van der Waals surface area (Å²) in [6.07, 6.45) is 1.35. The average molecular weight is 454 g/mol. The zero-order valence-electron chi connectivity index (χ0n) is 20.1. The number of aryl methyl sites for hydroxylation is 4. The molecular formula is C29H31N3O2. The summed E-state index contributed by atoms with van der Waals surface area (Å²) in [6, 6.07) is 22.6. The summed E-state index contributed by atoms with van der Waals surface area (Å²) in [4.78, 5) is 19.9. The molecule has 1 aliphatic heterocycles. The van der Waals surface area contributed by atoms with E-state index >= 15 is 0 Å². The third-order valence-electron chi connectivity index (χ3n) is 6.76. The van der Waals surface area contributed by atoms with Crippen molar-refractivity contribution in [2.45, 2.75) is 46.1 Å². The molecule has 3 aromatic carbocycles. The molecule has 1 amide bonds. The summed E-state index contributed by atoms with van der Waals surface area (Å²) in [6.45, 7) is 8.35. The van der Waals surface area contributed by atoms with E-state index in [0.29, 0.717) is 19.6 Å². The van der Waals surface area contributed by atoms with Crippen LogP contribution in [0, 0.1) is 20.8 Å². The lowest BCUT2D eigenvalue weighted by atomic mass is 10.1. The molecule has 174 valence electrons. The van der Waals surface area contributed by atoms with Gasteiger partial charge in [0.1, 0.15) is 11.6 Å². The molecule has 4 aromatic rings. The summed E-state index contributed by atoms with van der Waals surface area (Å²) in [7, 11) is 0. The van der Waals surface area contributed by atoms with Gasteiger partial charge in [0.25, 0.3) is 0 Å². The minimum Gasteiger partial charge on any atom is -0.494 e. The fourth-order valence-electron chi connectivity index (χ4n) is 4.78. The van der Waals surface area contributed by atoms with Crippen LogP contribution >= 0.6 is 0 Å². The van der Waals surface area contributed by atoms with Crippen LogP contribution in [0.25, 0.3) is 11.0 Å². The molecule has 2 heterocycles. The Kier molecular flexibility index (Phi) is 6.10. The molecule has 0 radical (unpaired) electrons. The van der Waals surface area contributed by atoms with Crippen molar-refractivity contribution in [2.75, 3.05) is 18.1 Å². The Bertz CT molecular complexity index is 1340. The number of rotatable bonds is 7. The maximum absolute atomic E-state index is 13.0. The highest BCUT2D eigenvalue weighted by molar-refractivity contribution is 5.96. The first-order valence-electron chi connectivity index (χ1n) is 12.0. The van der Waals surface area contributed by atoms with Crippen LogP contribution in [-0.4, -0.2) is 28.6 Å². The van der Waals surface area contributed by atoms with E-state index in [2.05, 4.69) is 67.8 Å². The van der Waals surface area contributed by atoms with Crippen LogP contribution in [0.5, 0.6) is 5.75 Å². The Labute approximate surface area is 201 Å². The van der Waals surface area contributed by atoms with Gasteiger partial charge in [0.05, 0.1) is 17.6 Å². The number of aromatic nitrogens is 2. The van der Waals surface area contributed by atoms with Gasteiger partial charge in [0.15, 0.2) is 0 Å². The van der Waals surface area contributed by atoms with Crippen molar-refractivity contribution in [3.63, 3.8) is 0 Å². The Morgan fingerprint density at radius 1 is 0.971 bits per heavy atom. The quantitative estimate of drug-likeness (QED) is 0.325. The third-order valence-corrected chi connectivity index (χ3v) is 6.76. The molecular weight excluding hydrogens is 422 g/mol. The van der Waals surface area contributed by atoms with Gasteiger partial charge >= 0.3 is 0 Å². The first-order chi connectivity index (χ1) is 16.5. The number of carbonyl (C=O) groups is 1. The second kappa shape index (κ2) is 9.34. The molecule has 0 bridgehead atoms. The van der Waals surface area contributed by atoms with E-state index in [1.54, 1.807) is 0 Å². The predicted molar refractivity (Wildman–Crippen MR) is 137 cm³/mol. The van der Waals surface area contributed by atoms with Gasteiger partial charge < -0.3 is 14.2 Å². The summed E-state index contributed by atoms with van der Waals surface area (Å²) in [5.74, 6) is 2.13. The molecule has 5 nitrogen and oxygen atoms in total. The van der Waals surface area contributed by atoms with E-state index in [1.807, 2.05) is 29.2 Å². The molecule has 1 atom stereocenters. The zero-order chi connectivity index (χ0) is 23.7. The Hall–Kier alpha value is -3.60. The highest BCUT2D eigenvalue weighted by Crippen LogP contribution is 2.34. The minimum atomic E-state index is 0.0687. The van der Waals surface area contributed by atoms with Crippen LogP contribution in [0.4, 0.5) is 5.69 Å². The van der Waals surface area contributed by atoms with Crippen LogP contribution in [0.3, 0.4) is 0 Å². The van der Waals surface area contributed by atoms with Crippen molar-refractivity contribution in [3.05, 3.63) is 89.2 Å². The van der Waals surface area contributed by atoms with Gasteiger partial charge in [-0.3, -0.25) is 4.79 Å². The van der Waals surface area contributed by atoms with Crippen molar-refractivity contribution in [2.24, 2.45) is 0 Å². The van der Waals surface area contributed by atoms with Gasteiger partial charge in [-0.05, 0) is 80.3 Å². The molecule has 34 heavy (non-hydrogen) atoms. The molecule has 1 unspecified atom stereocenters. The van der Waals surface area contributed by atoms with E-state index in [4.69, 9.17) is 9.72 Å². The standard InChI is InChI=1S/C29H31N3O2/c1-20-8-6-9-25(16-20)34-15-7-14-31-27-11-5-4-10-26(27)30-29(31)23-18-28(33)32(19-23)24-13-12-21(2)22(3)17-24/h4-6,8-13,16-17,23H,7,14-15,18-19H2,1-3H3. The number of ether oxygens (including phenoxy) is 1. The maximum atomic E-state index is 13.0. The Morgan fingerprint density at radius 2 is 1.82 bits per heavy atom. The number of benzene rings is 3. The number of hydrogen-bond donors (Lipinski definition) is 0. The van der Waals surface area contributed by atoms with Gasteiger partial charge in [0.2, 0.25) is 5.91 Å². The van der Waals surface area contributed by atoms with Crippen molar-refractivity contribution in [3.8, 4) is 5.75 Å². The van der Waals surface area contributed by atoms with Gasteiger partial charge in [-0.2, -0.15) is 0 Å². The van der Waals surface area contributed by atoms with Crippen LogP contribution < -0.4 is 9.64 Å². The Morgan fingerprint density at radius 3 is 2.65 bits per heavy atom. The van der Waals surface area contributed by atoms with E-state index in [-0.39, 0.29) is 11.8 Å². The highest BCUT2D eigenvalue weighted by atomic mass is 16.5. The van der Waals surface area contributed by atoms with Crippen molar-refractivity contribution in [1.29, 1.82) is 0 Å². The van der Waals surface area contributed by atoms with Gasteiger partial charge in [-0.15, -0.1) is 0 Å². The molecule has 5 heteroatoms. The predicted octanol–water partition coefficient (Wildman–Crippen LogP) is 5.95. The van der Waals surface area contributed by atoms with E-state index in [0.717, 1.165) is 41.3 Å². The fraction of sp³-hybridized carbons (Fsp3) is 0.310. The van der Waals surface area contributed by atoms with Gasteiger partial charge in [0, 0.05) is 31.1 Å². The number of para-hydroxylation sites is 2.